The summed E-state index contributed by atoms with van der Waals surface area (Å²) >= 11 is 0. The number of hydrogen-bond acceptors (Lipinski definition) is 4. The number of ketones is 1. The molecule has 0 aliphatic carbocycles. The fraction of sp³-hybridized carbons (Fsp3) is 0.600. The van der Waals surface area contributed by atoms with Gasteiger partial charge in [0.2, 0.25) is 0 Å². The van der Waals surface area contributed by atoms with E-state index in [0.29, 0.717) is 12.8 Å². The van der Waals surface area contributed by atoms with Crippen LogP contribution in [0, 0.1) is 0 Å². The summed E-state index contributed by atoms with van der Waals surface area (Å²) in [6.07, 6.45) is 2.16. The van der Waals surface area contributed by atoms with E-state index in [0.717, 1.165) is 0 Å². The van der Waals surface area contributed by atoms with Gasteiger partial charge in [-0.25, -0.2) is 4.39 Å². The van der Waals surface area contributed by atoms with Gasteiger partial charge in [-0.05, 0) is 26.7 Å². The molecule has 0 aromatic carbocycles. The number of hydroxylamine groups is 1. The van der Waals surface area contributed by atoms with Gasteiger partial charge in [0.1, 0.15) is 17.4 Å². The lowest BCUT2D eigenvalue weighted by molar-refractivity contribution is -0.118. The van der Waals surface area contributed by atoms with Crippen LogP contribution in [0.4, 0.5) is 4.39 Å². The fourth-order valence-electron chi connectivity index (χ4n) is 0.917. The van der Waals surface area contributed by atoms with Crippen molar-refractivity contribution in [3.8, 4) is 0 Å². The second-order valence-corrected chi connectivity index (χ2v) is 3.46. The minimum atomic E-state index is -0.534. The van der Waals surface area contributed by atoms with Crippen LogP contribution < -0.4 is 11.2 Å². The molecule has 0 spiro atoms. The minimum Gasteiger partial charge on any atom is -0.322 e. The summed E-state index contributed by atoms with van der Waals surface area (Å²) in [5, 5.41) is 8.38. The Morgan fingerprint density at radius 1 is 1.62 bits per heavy atom. The third-order valence-electron chi connectivity index (χ3n) is 1.99. The summed E-state index contributed by atoms with van der Waals surface area (Å²) in [7, 11) is 0. The molecule has 16 heavy (non-hydrogen) atoms. The van der Waals surface area contributed by atoms with Crippen LogP contribution in [0.25, 0.3) is 0 Å². The van der Waals surface area contributed by atoms with E-state index in [1.54, 1.807) is 5.48 Å². The Hall–Kier alpha value is -1.27. The molecule has 0 unspecified atom stereocenters. The molecular weight excluding hydrogens is 213 g/mol. The molecule has 1 atom stereocenters. The van der Waals surface area contributed by atoms with Crippen LogP contribution in [0.15, 0.2) is 16.9 Å². The normalized spacial score (nSPS) is 14.8. The lowest BCUT2D eigenvalue weighted by Gasteiger charge is -2.04. The summed E-state index contributed by atoms with van der Waals surface area (Å²) in [4.78, 5) is 14.5. The Bertz CT molecular complexity index is 290. The lowest BCUT2D eigenvalue weighted by atomic mass is 10.1. The number of amidine groups is 1. The van der Waals surface area contributed by atoms with Crippen molar-refractivity contribution in [1.29, 1.82) is 0 Å². The molecular formula is C10H18FN3O2. The van der Waals surface area contributed by atoms with E-state index < -0.39 is 11.9 Å². The molecule has 0 aliphatic heterocycles. The zero-order valence-corrected chi connectivity index (χ0v) is 9.53. The first-order valence-electron chi connectivity index (χ1n) is 4.99. The largest absolute Gasteiger partial charge is 0.322 e. The molecule has 0 aromatic rings. The number of carbonyl (C=O) groups is 1. The van der Waals surface area contributed by atoms with Crippen LogP contribution in [0.1, 0.15) is 26.7 Å². The lowest BCUT2D eigenvalue weighted by Crippen LogP contribution is -2.27. The van der Waals surface area contributed by atoms with E-state index in [1.165, 1.54) is 19.9 Å². The smallest absolute Gasteiger partial charge is 0.146 e. The van der Waals surface area contributed by atoms with Crippen molar-refractivity contribution < 1.29 is 14.4 Å². The molecule has 6 heteroatoms. The highest BCUT2D eigenvalue weighted by molar-refractivity contribution is 5.81. The number of carbonyl (C=O) groups excluding carboxylic acids is 1. The van der Waals surface area contributed by atoms with Crippen molar-refractivity contribution in [2.75, 3.05) is 6.54 Å². The summed E-state index contributed by atoms with van der Waals surface area (Å²) in [5.74, 6) is -0.276. The molecule has 0 aromatic heterocycles. The number of nitrogens with two attached hydrogens (primary N) is 1. The van der Waals surface area contributed by atoms with Gasteiger partial charge in [0.15, 0.2) is 0 Å². The number of Topliss-reactive ketones (excluding diaryl/α,β-unsaturated/α-hetero) is 1. The molecule has 5 nitrogen and oxygen atoms in total. The predicted octanol–water partition coefficient (Wildman–Crippen LogP) is 0.933. The number of halogens is 1. The number of aliphatic imine (C=N–C) groups is 1. The minimum absolute atomic E-state index is 0.104. The van der Waals surface area contributed by atoms with Gasteiger partial charge in [0.25, 0.3) is 0 Å². The van der Waals surface area contributed by atoms with Crippen molar-refractivity contribution in [2.24, 2.45) is 10.7 Å². The highest BCUT2D eigenvalue weighted by Crippen LogP contribution is 2.03. The Kier molecular flexibility index (Phi) is 7.32. The Labute approximate surface area is 94.2 Å². The van der Waals surface area contributed by atoms with E-state index in [2.05, 4.69) is 4.99 Å². The second kappa shape index (κ2) is 7.95. The van der Waals surface area contributed by atoms with Gasteiger partial charge in [-0.3, -0.25) is 20.5 Å². The number of hydrogen-bond donors (Lipinski definition) is 3. The summed E-state index contributed by atoms with van der Waals surface area (Å²) in [5.41, 5.74) is 7.28. The van der Waals surface area contributed by atoms with E-state index in [4.69, 9.17) is 10.9 Å². The first kappa shape index (κ1) is 14.7. The number of rotatable bonds is 6. The Morgan fingerprint density at radius 2 is 2.25 bits per heavy atom. The molecule has 0 amide bonds. The van der Waals surface area contributed by atoms with Crippen LogP contribution in [0.5, 0.6) is 0 Å². The van der Waals surface area contributed by atoms with Gasteiger partial charge in [0.05, 0.1) is 12.6 Å². The second-order valence-electron chi connectivity index (χ2n) is 3.46. The van der Waals surface area contributed by atoms with Gasteiger partial charge in [-0.2, -0.15) is 0 Å². The molecule has 0 radical (unpaired) electrons. The van der Waals surface area contributed by atoms with Crippen LogP contribution in [-0.2, 0) is 4.79 Å². The molecule has 92 valence electrons. The SMILES string of the molecule is CC(=O)[C@@H](N)CC/C=C(/F)CN=C(C)NO. The van der Waals surface area contributed by atoms with Crippen molar-refractivity contribution in [3.63, 3.8) is 0 Å². The summed E-state index contributed by atoms with van der Waals surface area (Å²) in [6.45, 7) is 2.79. The highest BCUT2D eigenvalue weighted by Gasteiger charge is 2.06. The number of nitrogens with zero attached hydrogens (tertiary/aromatic N) is 1. The third-order valence-corrected chi connectivity index (χ3v) is 1.99. The molecule has 4 N–H and O–H groups in total. The van der Waals surface area contributed by atoms with Gasteiger partial charge < -0.3 is 5.73 Å². The quantitative estimate of drug-likeness (QED) is 0.360. The van der Waals surface area contributed by atoms with E-state index in [9.17, 15) is 9.18 Å². The van der Waals surface area contributed by atoms with Gasteiger partial charge >= 0.3 is 0 Å². The van der Waals surface area contributed by atoms with Gasteiger partial charge in [-0.15, -0.1) is 0 Å². The average molecular weight is 231 g/mol. The maximum atomic E-state index is 13.1. The maximum absolute atomic E-state index is 13.1. The molecule has 0 fully saturated rings. The molecule has 0 bridgehead atoms. The summed E-state index contributed by atoms with van der Waals surface area (Å²) in [6, 6.07) is -0.534. The van der Waals surface area contributed by atoms with Crippen LogP contribution >= 0.6 is 0 Å². The van der Waals surface area contributed by atoms with Crippen LogP contribution in [0.3, 0.4) is 0 Å². The molecule has 0 rings (SSSR count). The van der Waals surface area contributed by atoms with Crippen LogP contribution in [-0.4, -0.2) is 29.4 Å². The monoisotopic (exact) mass is 231 g/mol. The maximum Gasteiger partial charge on any atom is 0.146 e. The first-order chi connectivity index (χ1) is 7.47. The van der Waals surface area contributed by atoms with Crippen molar-refractivity contribution in [1.82, 2.24) is 5.48 Å². The van der Waals surface area contributed by atoms with E-state index in [-0.39, 0.29) is 18.2 Å². The van der Waals surface area contributed by atoms with Crippen molar-refractivity contribution >= 4 is 11.6 Å². The predicted molar refractivity (Wildman–Crippen MR) is 60.0 cm³/mol. The third kappa shape index (κ3) is 7.08. The van der Waals surface area contributed by atoms with Gasteiger partial charge in [0, 0.05) is 0 Å². The highest BCUT2D eigenvalue weighted by atomic mass is 19.1. The first-order valence-corrected chi connectivity index (χ1v) is 4.99. The zero-order valence-electron chi connectivity index (χ0n) is 9.53. The van der Waals surface area contributed by atoms with Crippen LogP contribution in [0.2, 0.25) is 0 Å². The Morgan fingerprint density at radius 3 is 2.75 bits per heavy atom. The number of nitrogens with one attached hydrogen (secondary N) is 1. The topological polar surface area (TPSA) is 87.7 Å². The van der Waals surface area contributed by atoms with Crippen molar-refractivity contribution in [3.05, 3.63) is 11.9 Å². The number of allylic oxidation sites excluding steroid dienone is 1. The Balaban J connectivity index is 3.92. The molecule has 0 saturated heterocycles. The van der Waals surface area contributed by atoms with Crippen molar-refractivity contribution in [2.45, 2.75) is 32.7 Å². The fourth-order valence-corrected chi connectivity index (χ4v) is 0.917. The zero-order chi connectivity index (χ0) is 12.6. The standard InChI is InChI=1S/C10H18FN3O2/c1-7(15)10(12)5-3-4-9(11)6-13-8(2)14-16/h4,10,16H,3,5-6,12H2,1-2H3,(H,13,14)/b9-4+/t10-/m0/s1. The van der Waals surface area contributed by atoms with E-state index in [1.807, 2.05) is 0 Å². The average Bonchev–Trinajstić information content (AvgIpc) is 2.25. The molecule has 0 aliphatic rings. The van der Waals surface area contributed by atoms with E-state index >= 15 is 0 Å². The summed E-state index contributed by atoms with van der Waals surface area (Å²) < 4.78 is 13.1. The van der Waals surface area contributed by atoms with Gasteiger partial charge in [-0.1, -0.05) is 6.08 Å². The molecule has 0 heterocycles. The molecule has 0 saturated carbocycles.